The third-order valence-corrected chi connectivity index (χ3v) is 6.36. The summed E-state index contributed by atoms with van der Waals surface area (Å²) in [5.41, 5.74) is -5.19. The van der Waals surface area contributed by atoms with Crippen LogP contribution in [-0.4, -0.2) is 53.5 Å². The third-order valence-electron chi connectivity index (χ3n) is 6.36. The first kappa shape index (κ1) is 23.4. The van der Waals surface area contributed by atoms with Gasteiger partial charge in [0.25, 0.3) is 11.8 Å². The van der Waals surface area contributed by atoms with Crippen LogP contribution in [-0.2, 0) is 14.3 Å². The first-order chi connectivity index (χ1) is 15.4. The van der Waals surface area contributed by atoms with Gasteiger partial charge in [-0.1, -0.05) is 13.8 Å². The quantitative estimate of drug-likeness (QED) is 0.687. The topological polar surface area (TPSA) is 75.7 Å². The number of hydrogen-bond acceptors (Lipinski definition) is 4. The number of hydrogen-bond donors (Lipinski definition) is 1. The molecule has 0 spiro atoms. The zero-order valence-corrected chi connectivity index (χ0v) is 18.2. The normalized spacial score (nSPS) is 27.2. The maximum absolute atomic E-state index is 14.7. The summed E-state index contributed by atoms with van der Waals surface area (Å²) < 4.78 is 62.8. The van der Waals surface area contributed by atoms with Gasteiger partial charge in [-0.15, -0.1) is 0 Å². The predicted octanol–water partition coefficient (Wildman–Crippen LogP) is 3.52. The van der Waals surface area contributed by atoms with Gasteiger partial charge >= 0.3 is 6.18 Å². The lowest BCUT2D eigenvalue weighted by Gasteiger charge is -2.35. The number of halogens is 4. The van der Waals surface area contributed by atoms with Gasteiger partial charge in [0, 0.05) is 24.3 Å². The maximum atomic E-state index is 14.7. The van der Waals surface area contributed by atoms with E-state index in [1.165, 1.54) is 0 Å². The lowest BCUT2D eigenvalue weighted by atomic mass is 9.72. The molecule has 178 valence electrons. The van der Waals surface area contributed by atoms with Crippen LogP contribution < -0.4 is 5.32 Å². The van der Waals surface area contributed by atoms with Crippen molar-refractivity contribution in [3.63, 3.8) is 0 Å². The molecular weight excluding hydrogens is 444 g/mol. The number of Topliss-reactive ketones (excluding diaryl/α,β-unsaturated/α-hetero) is 1. The third kappa shape index (κ3) is 3.94. The Morgan fingerprint density at radius 2 is 1.85 bits per heavy atom. The van der Waals surface area contributed by atoms with Gasteiger partial charge < -0.3 is 15.0 Å². The van der Waals surface area contributed by atoms with Crippen molar-refractivity contribution in [1.29, 1.82) is 0 Å². The Kier molecular flexibility index (Phi) is 5.63. The van der Waals surface area contributed by atoms with Gasteiger partial charge in [0.2, 0.25) is 5.54 Å². The number of ketones is 1. The van der Waals surface area contributed by atoms with Crippen molar-refractivity contribution in [3.05, 3.63) is 46.9 Å². The van der Waals surface area contributed by atoms with Crippen LogP contribution in [0.1, 0.15) is 49.9 Å². The van der Waals surface area contributed by atoms with E-state index in [1.54, 1.807) is 13.8 Å². The Morgan fingerprint density at radius 1 is 1.18 bits per heavy atom. The molecule has 1 fully saturated rings. The molecule has 1 saturated heterocycles. The smallest absolute Gasteiger partial charge is 0.376 e. The molecule has 0 radical (unpaired) electrons. The number of ether oxygens (including phenoxy) is 1. The summed E-state index contributed by atoms with van der Waals surface area (Å²) in [5, 5.41) is 1.83. The first-order valence-corrected chi connectivity index (χ1v) is 10.7. The lowest BCUT2D eigenvalue weighted by Crippen LogP contribution is -2.66. The number of nitrogens with zero attached hydrogens (tertiary/aromatic N) is 1. The number of benzene rings is 1. The highest BCUT2D eigenvalue weighted by atomic mass is 19.4. The summed E-state index contributed by atoms with van der Waals surface area (Å²) in [6.07, 6.45) is -4.59. The molecule has 2 unspecified atom stereocenters. The fourth-order valence-corrected chi connectivity index (χ4v) is 4.85. The highest BCUT2D eigenvalue weighted by Crippen LogP contribution is 2.52. The molecule has 10 heteroatoms. The molecule has 0 saturated carbocycles. The van der Waals surface area contributed by atoms with Gasteiger partial charge in [-0.2, -0.15) is 13.2 Å². The zero-order valence-electron chi connectivity index (χ0n) is 18.2. The van der Waals surface area contributed by atoms with E-state index in [4.69, 9.17) is 4.74 Å². The monoisotopic (exact) mass is 468 g/mol. The summed E-state index contributed by atoms with van der Waals surface area (Å²) in [4.78, 5) is 40.3. The first-order valence-electron chi connectivity index (χ1n) is 10.7. The number of rotatable bonds is 4. The van der Waals surface area contributed by atoms with E-state index in [0.29, 0.717) is 13.0 Å². The van der Waals surface area contributed by atoms with E-state index in [1.807, 2.05) is 5.32 Å². The summed E-state index contributed by atoms with van der Waals surface area (Å²) in [5.74, 6) is -4.16. The molecule has 2 atom stereocenters. The Hall–Kier alpha value is -2.75. The van der Waals surface area contributed by atoms with Crippen LogP contribution in [0.15, 0.2) is 35.5 Å². The maximum Gasteiger partial charge on any atom is 0.425 e. The van der Waals surface area contributed by atoms with Crippen LogP contribution >= 0.6 is 0 Å². The Bertz CT molecular complexity index is 1030. The van der Waals surface area contributed by atoms with Gasteiger partial charge in [0.1, 0.15) is 5.82 Å². The van der Waals surface area contributed by atoms with Crippen LogP contribution in [0.4, 0.5) is 17.6 Å². The number of amides is 2. The summed E-state index contributed by atoms with van der Waals surface area (Å²) in [6.45, 7) is 3.79. The molecule has 1 aliphatic carbocycles. The molecule has 6 nitrogen and oxygen atoms in total. The second-order valence-electron chi connectivity index (χ2n) is 9.52. The van der Waals surface area contributed by atoms with Crippen LogP contribution in [0.5, 0.6) is 0 Å². The summed E-state index contributed by atoms with van der Waals surface area (Å²) in [6, 6.07) is 3.88. The predicted molar refractivity (Wildman–Crippen MR) is 108 cm³/mol. The number of allylic oxidation sites excluding steroid dienone is 1. The second-order valence-corrected chi connectivity index (χ2v) is 9.52. The highest BCUT2D eigenvalue weighted by molar-refractivity contribution is 6.14. The van der Waals surface area contributed by atoms with E-state index in [0.717, 1.165) is 35.6 Å². The summed E-state index contributed by atoms with van der Waals surface area (Å²) >= 11 is 0. The van der Waals surface area contributed by atoms with Gasteiger partial charge in [-0.25, -0.2) is 4.39 Å². The minimum atomic E-state index is -5.29. The van der Waals surface area contributed by atoms with Gasteiger partial charge in [-0.3, -0.25) is 14.4 Å². The van der Waals surface area contributed by atoms with Gasteiger partial charge in [-0.05, 0) is 48.9 Å². The SMILES string of the molecule is CC1(C)CC(=O)C2=C(C1)N(CC1CCCO1)C(=O)C2(NC(=O)c1ccc(F)cc1)C(F)(F)F. The Balaban J connectivity index is 1.83. The average Bonchev–Trinajstić information content (AvgIpc) is 3.29. The minimum absolute atomic E-state index is 0.0199. The van der Waals surface area contributed by atoms with E-state index in [2.05, 4.69) is 0 Å². The zero-order chi connectivity index (χ0) is 24.2. The molecule has 2 aliphatic heterocycles. The molecule has 1 aromatic carbocycles. The Labute approximate surface area is 187 Å². The molecule has 33 heavy (non-hydrogen) atoms. The largest absolute Gasteiger partial charge is 0.425 e. The standard InChI is InChI=1S/C23H24F4N2O4/c1-21(2)10-16-18(17(30)11-21)22(23(25,26)27,20(32)29(16)12-15-4-3-9-33-15)28-19(31)13-5-7-14(24)8-6-13/h5-8,15H,3-4,9-12H2,1-2H3,(H,28,31). The molecular formula is C23H24F4N2O4. The van der Waals surface area contributed by atoms with Crippen LogP contribution in [0, 0.1) is 11.2 Å². The van der Waals surface area contributed by atoms with Crippen molar-refractivity contribution in [1.82, 2.24) is 10.2 Å². The van der Waals surface area contributed by atoms with E-state index >= 15 is 0 Å². The van der Waals surface area contributed by atoms with E-state index in [-0.39, 0.29) is 30.6 Å². The average molecular weight is 468 g/mol. The van der Waals surface area contributed by atoms with Crippen molar-refractivity contribution in [2.45, 2.75) is 57.3 Å². The van der Waals surface area contributed by atoms with Crippen molar-refractivity contribution in [2.75, 3.05) is 13.2 Å². The second kappa shape index (κ2) is 7.93. The van der Waals surface area contributed by atoms with Crippen LogP contribution in [0.25, 0.3) is 0 Å². The lowest BCUT2D eigenvalue weighted by molar-refractivity contribution is -0.191. The Morgan fingerprint density at radius 3 is 2.42 bits per heavy atom. The fraction of sp³-hybridized carbons (Fsp3) is 0.522. The number of alkyl halides is 3. The van der Waals surface area contributed by atoms with Crippen LogP contribution in [0.2, 0.25) is 0 Å². The molecule has 0 bridgehead atoms. The molecule has 3 aliphatic rings. The molecule has 1 aromatic rings. The fourth-order valence-electron chi connectivity index (χ4n) is 4.85. The van der Waals surface area contributed by atoms with Crippen molar-refractivity contribution >= 4 is 17.6 Å². The van der Waals surface area contributed by atoms with Crippen molar-refractivity contribution < 1.29 is 36.7 Å². The number of nitrogens with one attached hydrogen (secondary N) is 1. The molecule has 4 rings (SSSR count). The van der Waals surface area contributed by atoms with Gasteiger partial charge in [0.05, 0.1) is 18.2 Å². The van der Waals surface area contributed by atoms with E-state index in [9.17, 15) is 31.9 Å². The van der Waals surface area contributed by atoms with Gasteiger partial charge in [0.15, 0.2) is 5.78 Å². The van der Waals surface area contributed by atoms with Crippen molar-refractivity contribution in [2.24, 2.45) is 5.41 Å². The number of carbonyl (C=O) groups is 3. The minimum Gasteiger partial charge on any atom is -0.376 e. The van der Waals surface area contributed by atoms with Crippen LogP contribution in [0.3, 0.4) is 0 Å². The number of carbonyl (C=O) groups excluding carboxylic acids is 3. The molecule has 1 N–H and O–H groups in total. The van der Waals surface area contributed by atoms with E-state index < -0.39 is 52.2 Å². The molecule has 2 heterocycles. The summed E-state index contributed by atoms with van der Waals surface area (Å²) in [7, 11) is 0. The molecule has 0 aromatic heterocycles. The van der Waals surface area contributed by atoms with Crippen molar-refractivity contribution in [3.8, 4) is 0 Å². The molecule has 2 amide bonds. The highest BCUT2D eigenvalue weighted by Gasteiger charge is 2.71.